The Bertz CT molecular complexity index is 1010. The molecule has 6 nitrogen and oxygen atoms in total. The minimum Gasteiger partial charge on any atom is -0.387 e. The van der Waals surface area contributed by atoms with Crippen molar-refractivity contribution in [3.63, 3.8) is 0 Å². The zero-order chi connectivity index (χ0) is 19.7. The minimum absolute atomic E-state index is 0.0423. The topological polar surface area (TPSA) is 75.7 Å². The number of hydrogen-bond acceptors (Lipinski definition) is 6. The first kappa shape index (κ1) is 19.4. The second-order valence-corrected chi connectivity index (χ2v) is 9.84. The van der Waals surface area contributed by atoms with Crippen molar-refractivity contribution in [1.82, 2.24) is 5.32 Å². The first-order valence-corrected chi connectivity index (χ1v) is 11.6. The lowest BCUT2D eigenvalue weighted by molar-refractivity contribution is 0.104. The van der Waals surface area contributed by atoms with E-state index in [-0.39, 0.29) is 17.6 Å². The Labute approximate surface area is 172 Å². The summed E-state index contributed by atoms with van der Waals surface area (Å²) in [6.07, 6.45) is 3.28. The number of rotatable bonds is 5. The number of nitrogens with zero attached hydrogens (tertiary/aromatic N) is 1. The molecule has 1 aromatic carbocycles. The van der Waals surface area contributed by atoms with Gasteiger partial charge < -0.3 is 10.1 Å². The van der Waals surface area contributed by atoms with E-state index in [1.54, 1.807) is 35.7 Å². The number of ether oxygens (including phenoxy) is 1. The van der Waals surface area contributed by atoms with Crippen molar-refractivity contribution >= 4 is 44.4 Å². The van der Waals surface area contributed by atoms with Crippen LogP contribution in [0.1, 0.15) is 28.1 Å². The molecule has 1 unspecified atom stereocenters. The Morgan fingerprint density at radius 1 is 1.29 bits per heavy atom. The summed E-state index contributed by atoms with van der Waals surface area (Å²) in [6, 6.07) is 8.65. The van der Waals surface area contributed by atoms with E-state index in [1.165, 1.54) is 21.8 Å². The second kappa shape index (κ2) is 7.87. The van der Waals surface area contributed by atoms with Crippen LogP contribution >= 0.6 is 22.9 Å². The van der Waals surface area contributed by atoms with E-state index in [0.717, 1.165) is 18.4 Å². The molecule has 2 aliphatic heterocycles. The van der Waals surface area contributed by atoms with Crippen LogP contribution in [0.2, 0.25) is 5.02 Å². The van der Waals surface area contributed by atoms with Gasteiger partial charge in [-0.15, -0.1) is 11.3 Å². The predicted octanol–water partition coefficient (Wildman–Crippen LogP) is 3.54. The van der Waals surface area contributed by atoms with E-state index in [4.69, 9.17) is 16.3 Å². The second-order valence-electron chi connectivity index (χ2n) is 6.65. The highest BCUT2D eigenvalue weighted by molar-refractivity contribution is 7.97. The molecule has 4 rings (SSSR count). The fourth-order valence-electron chi connectivity index (χ4n) is 3.30. The van der Waals surface area contributed by atoms with Crippen LogP contribution in [0.3, 0.4) is 0 Å². The van der Waals surface area contributed by atoms with Crippen LogP contribution in [0, 0.1) is 0 Å². The Hall–Kier alpha value is -1.87. The number of allylic oxidation sites excluding steroid dienone is 1. The molecule has 1 N–H and O–H groups in total. The molecule has 1 saturated heterocycles. The smallest absolute Gasteiger partial charge is 0.270 e. The maximum Gasteiger partial charge on any atom is 0.270 e. The normalized spacial score (nSPS) is 22.5. The highest BCUT2D eigenvalue weighted by Crippen LogP contribution is 2.39. The van der Waals surface area contributed by atoms with Gasteiger partial charge in [0.1, 0.15) is 4.88 Å². The number of sulfonamides is 1. The highest BCUT2D eigenvalue weighted by Gasteiger charge is 2.41. The van der Waals surface area contributed by atoms with Crippen molar-refractivity contribution in [2.75, 3.05) is 17.5 Å². The van der Waals surface area contributed by atoms with Crippen LogP contribution in [0.4, 0.5) is 5.69 Å². The van der Waals surface area contributed by atoms with Gasteiger partial charge in [0.15, 0.2) is 4.91 Å². The summed E-state index contributed by atoms with van der Waals surface area (Å²) in [5, 5.41) is 5.28. The van der Waals surface area contributed by atoms with Gasteiger partial charge in [-0.3, -0.25) is 9.10 Å². The molecule has 9 heteroatoms. The number of halogens is 1. The fraction of sp³-hybridized carbons (Fsp3) is 0.316. The minimum atomic E-state index is -3.99. The van der Waals surface area contributed by atoms with E-state index < -0.39 is 15.8 Å². The van der Waals surface area contributed by atoms with E-state index in [0.29, 0.717) is 28.7 Å². The predicted molar refractivity (Wildman–Crippen MR) is 110 cm³/mol. The molecular formula is C19H19ClN2O4S2. The lowest BCUT2D eigenvalue weighted by Gasteiger charge is -2.29. The number of ketones is 1. The van der Waals surface area contributed by atoms with Crippen LogP contribution < -0.4 is 9.62 Å². The summed E-state index contributed by atoms with van der Waals surface area (Å²) >= 11 is 7.17. The zero-order valence-electron chi connectivity index (χ0n) is 14.9. The molecule has 1 atom stereocenters. The van der Waals surface area contributed by atoms with Gasteiger partial charge in [0, 0.05) is 24.4 Å². The van der Waals surface area contributed by atoms with Crippen LogP contribution in [0.25, 0.3) is 0 Å². The molecule has 28 heavy (non-hydrogen) atoms. The maximum absolute atomic E-state index is 13.2. The molecule has 2 aromatic rings. The zero-order valence-corrected chi connectivity index (χ0v) is 17.3. The van der Waals surface area contributed by atoms with Crippen LogP contribution in [-0.2, 0) is 21.3 Å². The number of hydrogen-bond donors (Lipinski definition) is 1. The number of nitrogens with one attached hydrogen (secondary N) is 1. The third-order valence-electron chi connectivity index (χ3n) is 4.75. The Morgan fingerprint density at radius 2 is 2.07 bits per heavy atom. The fourth-order valence-corrected chi connectivity index (χ4v) is 5.93. The van der Waals surface area contributed by atoms with Gasteiger partial charge in [0.05, 0.1) is 18.3 Å². The van der Waals surface area contributed by atoms with E-state index in [1.807, 2.05) is 0 Å². The van der Waals surface area contributed by atoms with Crippen LogP contribution in [-0.4, -0.2) is 33.5 Å². The number of anilines is 1. The van der Waals surface area contributed by atoms with E-state index >= 15 is 0 Å². The van der Waals surface area contributed by atoms with Crippen LogP contribution in [0.5, 0.6) is 0 Å². The first-order valence-electron chi connectivity index (χ1n) is 8.91. The Morgan fingerprint density at radius 3 is 2.79 bits per heavy atom. The summed E-state index contributed by atoms with van der Waals surface area (Å²) in [4.78, 5) is 13.0. The van der Waals surface area contributed by atoms with Gasteiger partial charge in [-0.1, -0.05) is 23.7 Å². The van der Waals surface area contributed by atoms with E-state index in [2.05, 4.69) is 5.32 Å². The quantitative estimate of drug-likeness (QED) is 0.722. The first-order chi connectivity index (χ1) is 13.5. The number of fused-ring (bicyclic) bond motifs is 1. The van der Waals surface area contributed by atoms with Gasteiger partial charge >= 0.3 is 0 Å². The number of carbonyl (C=O) groups is 1. The van der Waals surface area contributed by atoms with Crippen molar-refractivity contribution in [2.45, 2.75) is 25.5 Å². The van der Waals surface area contributed by atoms with Crippen molar-refractivity contribution in [3.05, 3.63) is 62.3 Å². The molecule has 0 saturated carbocycles. The number of thiophene rings is 1. The molecule has 0 radical (unpaired) electrons. The largest absolute Gasteiger partial charge is 0.387 e. The average Bonchev–Trinajstić information content (AvgIpc) is 3.35. The third-order valence-corrected chi connectivity index (χ3v) is 7.67. The lowest BCUT2D eigenvalue weighted by atomic mass is 10.2. The van der Waals surface area contributed by atoms with Gasteiger partial charge in [-0.25, -0.2) is 8.42 Å². The van der Waals surface area contributed by atoms with Gasteiger partial charge in [-0.05, 0) is 42.0 Å². The maximum atomic E-state index is 13.2. The summed E-state index contributed by atoms with van der Waals surface area (Å²) in [5.74, 6) is -0.475. The molecule has 0 bridgehead atoms. The molecule has 1 fully saturated rings. The number of Topliss-reactive ketones (excluding diaryl/α,β-unsaturated/α-hetero) is 1. The van der Waals surface area contributed by atoms with Gasteiger partial charge in [0.25, 0.3) is 10.0 Å². The summed E-state index contributed by atoms with van der Waals surface area (Å²) in [6.45, 7) is 1.31. The van der Waals surface area contributed by atoms with Crippen molar-refractivity contribution < 1.29 is 17.9 Å². The molecule has 0 aliphatic carbocycles. The van der Waals surface area contributed by atoms with Gasteiger partial charge in [0.2, 0.25) is 5.78 Å². The molecule has 0 spiro atoms. The average molecular weight is 439 g/mol. The highest BCUT2D eigenvalue weighted by atomic mass is 35.5. The Balaban J connectivity index is 1.64. The SMILES string of the molecule is O=C1/C(=C/NCC2CCCO2)S(=O)(=O)N(Cc2ccc(Cl)cc2)c2ccsc21. The molecular weight excluding hydrogens is 420 g/mol. The summed E-state index contributed by atoms with van der Waals surface area (Å²) < 4.78 is 33.3. The third kappa shape index (κ3) is 3.69. The molecule has 3 heterocycles. The van der Waals surface area contributed by atoms with Crippen molar-refractivity contribution in [1.29, 1.82) is 0 Å². The lowest BCUT2D eigenvalue weighted by Crippen LogP contribution is -2.39. The number of benzene rings is 1. The van der Waals surface area contributed by atoms with Crippen molar-refractivity contribution in [3.8, 4) is 0 Å². The van der Waals surface area contributed by atoms with Gasteiger partial charge in [-0.2, -0.15) is 0 Å². The molecule has 148 valence electrons. The molecule has 2 aliphatic rings. The standard InChI is InChI=1S/C19H19ClN2O4S2/c20-14-5-3-13(4-6-14)12-22-16-7-9-27-19(16)18(23)17(28(22,24)25)11-21-10-15-2-1-8-26-15/h3-7,9,11,15,21H,1-2,8,10,12H2/b17-11-. The summed E-state index contributed by atoms with van der Waals surface area (Å²) in [7, 11) is -3.99. The Kier molecular flexibility index (Phi) is 5.46. The molecule has 1 aromatic heterocycles. The van der Waals surface area contributed by atoms with Crippen LogP contribution in [0.15, 0.2) is 46.8 Å². The van der Waals surface area contributed by atoms with Crippen molar-refractivity contribution in [2.24, 2.45) is 0 Å². The van der Waals surface area contributed by atoms with E-state index in [9.17, 15) is 13.2 Å². The summed E-state index contributed by atoms with van der Waals surface area (Å²) in [5.41, 5.74) is 1.20. The monoisotopic (exact) mass is 438 g/mol. The number of carbonyl (C=O) groups excluding carboxylic acids is 1. The molecule has 0 amide bonds.